The van der Waals surface area contributed by atoms with Gasteiger partial charge in [0.25, 0.3) is 5.91 Å². The highest BCUT2D eigenvalue weighted by Crippen LogP contribution is 2.33. The molecule has 2 aliphatic heterocycles. The van der Waals surface area contributed by atoms with Gasteiger partial charge in [-0.2, -0.15) is 0 Å². The molecule has 1 N–H and O–H groups in total. The van der Waals surface area contributed by atoms with Crippen LogP contribution in [0.1, 0.15) is 48.0 Å². The van der Waals surface area contributed by atoms with E-state index in [0.717, 1.165) is 87.2 Å². The fourth-order valence-corrected chi connectivity index (χ4v) is 5.70. The molecule has 2 heterocycles. The lowest BCUT2D eigenvalue weighted by Gasteiger charge is -2.37. The van der Waals surface area contributed by atoms with E-state index in [1.54, 1.807) is 17.0 Å². The van der Waals surface area contributed by atoms with Gasteiger partial charge in [0.2, 0.25) is 0 Å². The number of ether oxygens (including phenoxy) is 1. The van der Waals surface area contributed by atoms with Crippen LogP contribution in [-0.4, -0.2) is 84.4 Å². The van der Waals surface area contributed by atoms with Crippen molar-refractivity contribution in [2.75, 3.05) is 51.4 Å². The molecule has 3 aromatic carbocycles. The average Bonchev–Trinajstić information content (AvgIpc) is 3.03. The van der Waals surface area contributed by atoms with Gasteiger partial charge in [0.1, 0.15) is 6.61 Å². The molecule has 0 spiro atoms. The number of hydrazine groups is 1. The summed E-state index contributed by atoms with van der Waals surface area (Å²) in [5, 5.41) is 13.5. The average molecular weight is 571 g/mol. The largest absolute Gasteiger partial charge is 0.446 e. The number of aliphatic hydroxyl groups is 1. The van der Waals surface area contributed by atoms with Crippen LogP contribution in [0.3, 0.4) is 0 Å². The topological polar surface area (TPSA) is 76.6 Å². The molecular formula is C34H42N4O4. The molecule has 8 heteroatoms. The molecular weight excluding hydrogens is 528 g/mol. The third-order valence-electron chi connectivity index (χ3n) is 8.17. The number of aliphatic hydroxyl groups excluding tert-OH is 1. The summed E-state index contributed by atoms with van der Waals surface area (Å²) in [6.07, 6.45) is 4.19. The number of likely N-dealkylation sites (N-methyl/N-ethyl adjacent to an activating group) is 1. The second-order valence-corrected chi connectivity index (χ2v) is 11.3. The molecule has 0 bridgehead atoms. The van der Waals surface area contributed by atoms with Crippen LogP contribution >= 0.6 is 0 Å². The fourth-order valence-electron chi connectivity index (χ4n) is 5.70. The number of likely N-dealkylation sites (tertiary alicyclic amines) is 1. The van der Waals surface area contributed by atoms with E-state index >= 15 is 0 Å². The van der Waals surface area contributed by atoms with Crippen molar-refractivity contribution in [2.45, 2.75) is 44.8 Å². The van der Waals surface area contributed by atoms with E-state index in [0.29, 0.717) is 5.56 Å². The van der Waals surface area contributed by atoms with Gasteiger partial charge in [-0.3, -0.25) is 9.69 Å². The Morgan fingerprint density at radius 2 is 1.52 bits per heavy atom. The monoisotopic (exact) mass is 570 g/mol. The molecule has 3 aromatic rings. The zero-order valence-electron chi connectivity index (χ0n) is 24.5. The zero-order valence-corrected chi connectivity index (χ0v) is 24.5. The molecule has 0 aliphatic carbocycles. The highest BCUT2D eigenvalue weighted by molar-refractivity contribution is 5.94. The molecule has 2 amide bonds. The number of carbonyl (C=O) groups is 2. The van der Waals surface area contributed by atoms with Crippen molar-refractivity contribution >= 4 is 17.7 Å². The third-order valence-corrected chi connectivity index (χ3v) is 8.17. The number of amides is 2. The van der Waals surface area contributed by atoms with Crippen molar-refractivity contribution in [1.29, 1.82) is 0 Å². The van der Waals surface area contributed by atoms with E-state index in [1.165, 1.54) is 0 Å². The molecule has 8 nitrogen and oxygen atoms in total. The Morgan fingerprint density at radius 3 is 2.24 bits per heavy atom. The van der Waals surface area contributed by atoms with Crippen molar-refractivity contribution in [2.24, 2.45) is 0 Å². The van der Waals surface area contributed by atoms with Gasteiger partial charge in [-0.15, -0.1) is 0 Å². The summed E-state index contributed by atoms with van der Waals surface area (Å²) >= 11 is 0. The van der Waals surface area contributed by atoms with E-state index in [9.17, 15) is 14.7 Å². The lowest BCUT2D eigenvalue weighted by Crippen LogP contribution is -2.50. The summed E-state index contributed by atoms with van der Waals surface area (Å²) in [7, 11) is 1.73. The number of hydrogen-bond acceptors (Lipinski definition) is 6. The van der Waals surface area contributed by atoms with Crippen LogP contribution in [0, 0.1) is 0 Å². The van der Waals surface area contributed by atoms with Crippen LogP contribution in [0.25, 0.3) is 11.1 Å². The standard InChI is InChI=1S/C34H42N4O4/c1-35(33(40)29-16-14-27(15-17-29)26-36-22-18-30(39)19-23-36)24-25-42-34(41)38(37-20-8-3-9-21-37)32-13-7-6-12-31(32)28-10-4-2-5-11-28/h2,4-7,10-17,30,39H,3,8-9,18-26H2,1H3. The summed E-state index contributed by atoms with van der Waals surface area (Å²) in [6, 6.07) is 25.7. The van der Waals surface area contributed by atoms with Gasteiger partial charge >= 0.3 is 6.09 Å². The first kappa shape index (κ1) is 29.8. The molecule has 2 aliphatic rings. The van der Waals surface area contributed by atoms with E-state index < -0.39 is 6.09 Å². The van der Waals surface area contributed by atoms with Gasteiger partial charge in [-0.1, -0.05) is 67.1 Å². The van der Waals surface area contributed by atoms with Crippen LogP contribution in [0.2, 0.25) is 0 Å². The van der Waals surface area contributed by atoms with Crippen molar-refractivity contribution in [3.05, 3.63) is 90.0 Å². The van der Waals surface area contributed by atoms with E-state index in [2.05, 4.69) is 9.91 Å². The molecule has 0 saturated carbocycles. The van der Waals surface area contributed by atoms with E-state index in [-0.39, 0.29) is 25.2 Å². The molecule has 0 unspecified atom stereocenters. The first-order chi connectivity index (χ1) is 20.5. The molecule has 2 saturated heterocycles. The highest BCUT2D eigenvalue weighted by atomic mass is 16.6. The number of piperidine rings is 2. The Balaban J connectivity index is 1.20. The van der Waals surface area contributed by atoms with Gasteiger partial charge in [0, 0.05) is 50.9 Å². The normalized spacial score (nSPS) is 16.6. The van der Waals surface area contributed by atoms with Crippen molar-refractivity contribution < 1.29 is 19.4 Å². The van der Waals surface area contributed by atoms with E-state index in [4.69, 9.17) is 4.74 Å². The maximum absolute atomic E-state index is 13.6. The minimum Gasteiger partial charge on any atom is -0.446 e. The number of carbonyl (C=O) groups excluding carboxylic acids is 2. The van der Waals surface area contributed by atoms with Crippen molar-refractivity contribution in [3.63, 3.8) is 0 Å². The molecule has 0 atom stereocenters. The molecule has 0 aromatic heterocycles. The number of hydrogen-bond donors (Lipinski definition) is 1. The van der Waals surface area contributed by atoms with Crippen LogP contribution in [-0.2, 0) is 11.3 Å². The summed E-state index contributed by atoms with van der Waals surface area (Å²) in [6.45, 7) is 4.54. The minimum atomic E-state index is -0.435. The second-order valence-electron chi connectivity index (χ2n) is 11.3. The van der Waals surface area contributed by atoms with Crippen LogP contribution in [0.4, 0.5) is 10.5 Å². The predicted molar refractivity (Wildman–Crippen MR) is 165 cm³/mol. The lowest BCUT2D eigenvalue weighted by molar-refractivity contribution is 0.0732. The molecule has 222 valence electrons. The molecule has 5 rings (SSSR count). The fraction of sp³-hybridized carbons (Fsp3) is 0.412. The van der Waals surface area contributed by atoms with Crippen LogP contribution < -0.4 is 5.01 Å². The van der Waals surface area contributed by atoms with Crippen LogP contribution in [0.5, 0.6) is 0 Å². The van der Waals surface area contributed by atoms with Gasteiger partial charge in [0.15, 0.2) is 0 Å². The summed E-state index contributed by atoms with van der Waals surface area (Å²) < 4.78 is 5.80. The number of nitrogens with zero attached hydrogens (tertiary/aromatic N) is 4. The first-order valence-electron chi connectivity index (χ1n) is 15.1. The first-order valence-corrected chi connectivity index (χ1v) is 15.1. The van der Waals surface area contributed by atoms with Crippen molar-refractivity contribution in [3.8, 4) is 11.1 Å². The zero-order chi connectivity index (χ0) is 29.3. The summed E-state index contributed by atoms with van der Waals surface area (Å²) in [4.78, 5) is 30.6. The van der Waals surface area contributed by atoms with Gasteiger partial charge in [-0.05, 0) is 55.0 Å². The maximum Gasteiger partial charge on any atom is 0.429 e. The Kier molecular flexibility index (Phi) is 10.2. The molecule has 42 heavy (non-hydrogen) atoms. The molecule has 0 radical (unpaired) electrons. The van der Waals surface area contributed by atoms with Gasteiger partial charge in [-0.25, -0.2) is 14.8 Å². The SMILES string of the molecule is CN(CCOC(=O)N(c1ccccc1-c1ccccc1)N1CCCCC1)C(=O)c1ccc(CN2CCC(O)CC2)cc1. The van der Waals surface area contributed by atoms with Crippen LogP contribution in [0.15, 0.2) is 78.9 Å². The smallest absolute Gasteiger partial charge is 0.429 e. The number of anilines is 1. The van der Waals surface area contributed by atoms with Crippen molar-refractivity contribution in [1.82, 2.24) is 14.8 Å². The molecule has 2 fully saturated rings. The summed E-state index contributed by atoms with van der Waals surface area (Å²) in [5.41, 5.74) is 4.55. The third kappa shape index (κ3) is 7.56. The Morgan fingerprint density at radius 1 is 0.857 bits per heavy atom. The number of benzene rings is 3. The summed E-state index contributed by atoms with van der Waals surface area (Å²) in [5.74, 6) is -0.110. The highest BCUT2D eigenvalue weighted by Gasteiger charge is 2.28. The van der Waals surface area contributed by atoms with E-state index in [1.807, 2.05) is 78.9 Å². The van der Waals surface area contributed by atoms with Gasteiger partial charge < -0.3 is 14.7 Å². The quantitative estimate of drug-likeness (QED) is 0.370. The Labute approximate surface area is 249 Å². The number of rotatable bonds is 9. The second kappa shape index (κ2) is 14.4. The Bertz CT molecular complexity index is 1300. The maximum atomic E-state index is 13.6. The Hall–Kier alpha value is -3.72. The number of para-hydroxylation sites is 1. The lowest BCUT2D eigenvalue weighted by atomic mass is 10.0. The predicted octanol–water partition coefficient (Wildman–Crippen LogP) is 5.43. The minimum absolute atomic E-state index is 0.0951. The van der Waals surface area contributed by atoms with Gasteiger partial charge in [0.05, 0.1) is 18.3 Å².